The average Bonchev–Trinajstić information content (AvgIpc) is 3.07. The zero-order chi connectivity index (χ0) is 19.1. The molecule has 0 fully saturated rings. The molecule has 138 valence electrons. The number of benzene rings is 2. The van der Waals surface area contributed by atoms with Crippen molar-refractivity contribution in [2.45, 2.75) is 26.2 Å². The maximum Gasteiger partial charge on any atom is 0.226 e. The number of nitrogens with one attached hydrogen (secondary N) is 1. The van der Waals surface area contributed by atoms with E-state index >= 15 is 0 Å². The van der Waals surface area contributed by atoms with Crippen molar-refractivity contribution >= 4 is 11.7 Å². The van der Waals surface area contributed by atoms with Gasteiger partial charge in [0.05, 0.1) is 19.0 Å². The first-order chi connectivity index (χ1) is 13.0. The van der Waals surface area contributed by atoms with E-state index < -0.39 is 0 Å². The summed E-state index contributed by atoms with van der Waals surface area (Å²) in [5, 5.41) is 17.4. The molecule has 6 heteroatoms. The van der Waals surface area contributed by atoms with Crippen LogP contribution in [0.1, 0.15) is 34.6 Å². The van der Waals surface area contributed by atoms with Gasteiger partial charge < -0.3 is 15.2 Å². The Bertz CT molecular complexity index is 1040. The molecular weight excluding hydrogens is 342 g/mol. The highest BCUT2D eigenvalue weighted by atomic mass is 16.5. The zero-order valence-corrected chi connectivity index (χ0v) is 15.5. The van der Waals surface area contributed by atoms with Crippen LogP contribution >= 0.6 is 0 Å². The number of carbonyl (C=O) groups is 1. The third kappa shape index (κ3) is 2.93. The third-order valence-corrected chi connectivity index (χ3v) is 5.02. The number of rotatable bonds is 3. The van der Waals surface area contributed by atoms with Crippen LogP contribution in [-0.4, -0.2) is 27.9 Å². The molecule has 6 nitrogen and oxygen atoms in total. The van der Waals surface area contributed by atoms with Gasteiger partial charge in [0.2, 0.25) is 5.91 Å². The average molecular weight is 363 g/mol. The normalized spacial score (nSPS) is 16.0. The number of aromatic nitrogens is 2. The van der Waals surface area contributed by atoms with Gasteiger partial charge in [0.15, 0.2) is 11.5 Å². The molecule has 2 aromatic carbocycles. The van der Waals surface area contributed by atoms with Crippen molar-refractivity contribution in [3.63, 3.8) is 0 Å². The van der Waals surface area contributed by atoms with Crippen molar-refractivity contribution in [1.82, 2.24) is 9.78 Å². The lowest BCUT2D eigenvalue weighted by atomic mass is 9.87. The SMILES string of the molecule is COc1cc(C2CC(=O)Nc3c2cnn3-c2cc(C)ccc2C)ccc1O. The van der Waals surface area contributed by atoms with E-state index in [0.717, 1.165) is 27.9 Å². The number of methoxy groups -OCH3 is 1. The Morgan fingerprint density at radius 2 is 2.04 bits per heavy atom. The topological polar surface area (TPSA) is 76.4 Å². The van der Waals surface area contributed by atoms with Crippen LogP contribution in [0.25, 0.3) is 5.69 Å². The molecule has 2 heterocycles. The summed E-state index contributed by atoms with van der Waals surface area (Å²) in [5.74, 6) is 0.945. The second-order valence-electron chi connectivity index (χ2n) is 6.89. The molecule has 0 saturated heterocycles. The number of fused-ring (bicyclic) bond motifs is 1. The van der Waals surface area contributed by atoms with Gasteiger partial charge >= 0.3 is 0 Å². The standard InChI is InChI=1S/C21H21N3O3/c1-12-4-5-13(2)17(8-12)24-21-16(11-22-24)15(10-20(26)23-21)14-6-7-18(25)19(9-14)27-3/h4-9,11,15,25H,10H2,1-3H3,(H,23,26). The lowest BCUT2D eigenvalue weighted by Gasteiger charge is -2.24. The smallest absolute Gasteiger partial charge is 0.226 e. The van der Waals surface area contributed by atoms with Gasteiger partial charge in [0.1, 0.15) is 5.82 Å². The zero-order valence-electron chi connectivity index (χ0n) is 15.5. The Morgan fingerprint density at radius 3 is 2.81 bits per heavy atom. The van der Waals surface area contributed by atoms with E-state index in [1.54, 1.807) is 23.0 Å². The molecule has 2 N–H and O–H groups in total. The van der Waals surface area contributed by atoms with Gasteiger partial charge in [0.25, 0.3) is 0 Å². The molecule has 0 radical (unpaired) electrons. The van der Waals surface area contributed by atoms with E-state index in [9.17, 15) is 9.90 Å². The minimum Gasteiger partial charge on any atom is -0.504 e. The van der Waals surface area contributed by atoms with Gasteiger partial charge in [-0.15, -0.1) is 0 Å². The van der Waals surface area contributed by atoms with Gasteiger partial charge in [-0.1, -0.05) is 18.2 Å². The van der Waals surface area contributed by atoms with E-state index in [2.05, 4.69) is 22.5 Å². The first-order valence-electron chi connectivity index (χ1n) is 8.80. The van der Waals surface area contributed by atoms with Crippen LogP contribution in [0.15, 0.2) is 42.6 Å². The molecular formula is C21H21N3O3. The maximum absolute atomic E-state index is 12.4. The lowest BCUT2D eigenvalue weighted by molar-refractivity contribution is -0.116. The van der Waals surface area contributed by atoms with Gasteiger partial charge in [-0.3, -0.25) is 4.79 Å². The molecule has 1 atom stereocenters. The van der Waals surface area contributed by atoms with Crippen molar-refractivity contribution in [1.29, 1.82) is 0 Å². The molecule has 27 heavy (non-hydrogen) atoms. The Hall–Kier alpha value is -3.28. The monoisotopic (exact) mass is 363 g/mol. The fourth-order valence-corrected chi connectivity index (χ4v) is 3.56. The summed E-state index contributed by atoms with van der Waals surface area (Å²) in [7, 11) is 1.51. The summed E-state index contributed by atoms with van der Waals surface area (Å²) in [5.41, 5.74) is 5.00. The largest absolute Gasteiger partial charge is 0.504 e. The minimum absolute atomic E-state index is 0.0633. The highest BCUT2D eigenvalue weighted by Gasteiger charge is 2.31. The molecule has 1 unspecified atom stereocenters. The molecule has 0 bridgehead atoms. The molecule has 0 aliphatic carbocycles. The van der Waals surface area contributed by atoms with Crippen molar-refractivity contribution in [3.05, 3.63) is 64.8 Å². The molecule has 0 spiro atoms. The molecule has 1 amide bonds. The fraction of sp³-hybridized carbons (Fsp3) is 0.238. The van der Waals surface area contributed by atoms with E-state index in [4.69, 9.17) is 4.74 Å². The maximum atomic E-state index is 12.4. The van der Waals surface area contributed by atoms with Crippen LogP contribution in [0.5, 0.6) is 11.5 Å². The number of ether oxygens (including phenoxy) is 1. The quantitative estimate of drug-likeness (QED) is 0.744. The molecule has 0 saturated carbocycles. The summed E-state index contributed by atoms with van der Waals surface area (Å²) in [6.45, 7) is 4.05. The minimum atomic E-state index is -0.151. The van der Waals surface area contributed by atoms with Crippen molar-refractivity contribution in [2.24, 2.45) is 0 Å². The number of phenolic OH excluding ortho intramolecular Hbond substituents is 1. The first-order valence-corrected chi connectivity index (χ1v) is 8.80. The van der Waals surface area contributed by atoms with Crippen LogP contribution in [0, 0.1) is 13.8 Å². The Morgan fingerprint density at radius 1 is 1.22 bits per heavy atom. The number of amides is 1. The second-order valence-corrected chi connectivity index (χ2v) is 6.89. The van der Waals surface area contributed by atoms with Gasteiger partial charge in [0, 0.05) is 17.9 Å². The Labute approximate surface area is 157 Å². The van der Waals surface area contributed by atoms with Crippen LogP contribution in [-0.2, 0) is 4.79 Å². The predicted molar refractivity (Wildman–Crippen MR) is 103 cm³/mol. The van der Waals surface area contributed by atoms with Gasteiger partial charge in [-0.25, -0.2) is 4.68 Å². The number of aryl methyl sites for hydroxylation is 2. The third-order valence-electron chi connectivity index (χ3n) is 5.02. The molecule has 4 rings (SSSR count). The molecule has 3 aromatic rings. The number of aromatic hydroxyl groups is 1. The van der Waals surface area contributed by atoms with Crippen molar-refractivity contribution < 1.29 is 14.6 Å². The summed E-state index contributed by atoms with van der Waals surface area (Å²) in [4.78, 5) is 12.4. The fourth-order valence-electron chi connectivity index (χ4n) is 3.56. The van der Waals surface area contributed by atoms with Crippen molar-refractivity contribution in [2.75, 3.05) is 12.4 Å². The molecule has 1 aliphatic heterocycles. The summed E-state index contributed by atoms with van der Waals surface area (Å²) in [6, 6.07) is 11.3. The van der Waals surface area contributed by atoms with E-state index in [0.29, 0.717) is 18.0 Å². The summed E-state index contributed by atoms with van der Waals surface area (Å²) in [6.07, 6.45) is 2.12. The summed E-state index contributed by atoms with van der Waals surface area (Å²) < 4.78 is 7.01. The van der Waals surface area contributed by atoms with Crippen LogP contribution in [0.4, 0.5) is 5.82 Å². The predicted octanol–water partition coefficient (Wildman–Crippen LogP) is 3.68. The van der Waals surface area contributed by atoms with Crippen LogP contribution < -0.4 is 10.1 Å². The Balaban J connectivity index is 1.84. The number of carbonyl (C=O) groups excluding carboxylic acids is 1. The van der Waals surface area contributed by atoms with E-state index in [-0.39, 0.29) is 17.6 Å². The lowest BCUT2D eigenvalue weighted by Crippen LogP contribution is -2.24. The highest BCUT2D eigenvalue weighted by Crippen LogP contribution is 2.40. The number of anilines is 1. The molecule has 1 aromatic heterocycles. The van der Waals surface area contributed by atoms with Crippen LogP contribution in [0.3, 0.4) is 0 Å². The number of hydrogen-bond acceptors (Lipinski definition) is 4. The molecule has 1 aliphatic rings. The summed E-state index contributed by atoms with van der Waals surface area (Å²) >= 11 is 0. The van der Waals surface area contributed by atoms with Crippen molar-refractivity contribution in [3.8, 4) is 17.2 Å². The second kappa shape index (κ2) is 6.46. The van der Waals surface area contributed by atoms with Gasteiger partial charge in [-0.2, -0.15) is 5.10 Å². The highest BCUT2D eigenvalue weighted by molar-refractivity contribution is 5.94. The number of hydrogen-bond donors (Lipinski definition) is 2. The Kier molecular flexibility index (Phi) is 4.11. The van der Waals surface area contributed by atoms with E-state index in [1.165, 1.54) is 7.11 Å². The van der Waals surface area contributed by atoms with Gasteiger partial charge in [-0.05, 0) is 48.7 Å². The number of nitrogens with zero attached hydrogens (tertiary/aromatic N) is 2. The number of phenols is 1. The first kappa shape index (κ1) is 17.1. The van der Waals surface area contributed by atoms with Crippen LogP contribution in [0.2, 0.25) is 0 Å². The van der Waals surface area contributed by atoms with E-state index in [1.807, 2.05) is 26.0 Å².